The van der Waals surface area contributed by atoms with E-state index in [1.54, 1.807) is 24.3 Å². The number of aromatic amines is 1. The Morgan fingerprint density at radius 2 is 1.89 bits per heavy atom. The summed E-state index contributed by atoms with van der Waals surface area (Å²) in [5.41, 5.74) is 2.47. The van der Waals surface area contributed by atoms with Crippen LogP contribution in [0.3, 0.4) is 0 Å². The summed E-state index contributed by atoms with van der Waals surface area (Å²) in [5.74, 6) is -1.30. The Morgan fingerprint density at radius 3 is 2.63 bits per heavy atom. The molecule has 0 unspecified atom stereocenters. The number of carboxylic acids is 1. The predicted octanol–water partition coefficient (Wildman–Crippen LogP) is 3.67. The van der Waals surface area contributed by atoms with Crippen LogP contribution in [0, 0.1) is 5.82 Å². The van der Waals surface area contributed by atoms with Gasteiger partial charge in [-0.25, -0.2) is 9.18 Å². The zero-order valence-electron chi connectivity index (χ0n) is 9.85. The van der Waals surface area contributed by atoms with E-state index in [9.17, 15) is 9.18 Å². The minimum atomic E-state index is -0.984. The van der Waals surface area contributed by atoms with E-state index in [0.29, 0.717) is 5.39 Å². The molecule has 0 aliphatic heterocycles. The molecule has 3 nitrogen and oxygen atoms in total. The van der Waals surface area contributed by atoms with Gasteiger partial charge >= 0.3 is 5.97 Å². The van der Waals surface area contributed by atoms with E-state index in [0.717, 1.165) is 16.6 Å². The van der Waals surface area contributed by atoms with Crippen molar-refractivity contribution in [1.82, 2.24) is 4.98 Å². The lowest BCUT2D eigenvalue weighted by Gasteiger charge is -2.02. The molecule has 0 aliphatic carbocycles. The van der Waals surface area contributed by atoms with E-state index in [4.69, 9.17) is 5.11 Å². The Kier molecular flexibility index (Phi) is 2.56. The van der Waals surface area contributed by atoms with Crippen molar-refractivity contribution in [2.75, 3.05) is 0 Å². The van der Waals surface area contributed by atoms with Crippen molar-refractivity contribution in [3.8, 4) is 11.1 Å². The van der Waals surface area contributed by atoms with Gasteiger partial charge in [-0.15, -0.1) is 0 Å². The molecule has 2 N–H and O–H groups in total. The number of aromatic carboxylic acids is 1. The minimum absolute atomic E-state index is 0.216. The van der Waals surface area contributed by atoms with Gasteiger partial charge in [-0.3, -0.25) is 0 Å². The fraction of sp³-hybridized carbons (Fsp3) is 0. The molecule has 0 amide bonds. The lowest BCUT2D eigenvalue weighted by molar-refractivity contribution is 0.0699. The van der Waals surface area contributed by atoms with E-state index in [-0.39, 0.29) is 11.4 Å². The molecule has 0 spiro atoms. The number of aromatic nitrogens is 1. The maximum absolute atomic E-state index is 13.2. The molecule has 3 rings (SSSR count). The predicted molar refractivity (Wildman–Crippen MR) is 70.7 cm³/mol. The first kappa shape index (κ1) is 11.5. The Bertz CT molecular complexity index is 777. The second-order valence-corrected chi connectivity index (χ2v) is 4.28. The third-order valence-electron chi connectivity index (χ3n) is 3.07. The van der Waals surface area contributed by atoms with E-state index < -0.39 is 5.97 Å². The quantitative estimate of drug-likeness (QED) is 0.734. The maximum Gasteiger partial charge on any atom is 0.337 e. The number of rotatable bonds is 2. The second-order valence-electron chi connectivity index (χ2n) is 4.28. The molecule has 0 saturated heterocycles. The third-order valence-corrected chi connectivity index (χ3v) is 3.07. The maximum atomic E-state index is 13.2. The summed E-state index contributed by atoms with van der Waals surface area (Å²) in [7, 11) is 0. The molecule has 0 aliphatic rings. The van der Waals surface area contributed by atoms with Gasteiger partial charge in [0.1, 0.15) is 5.82 Å². The van der Waals surface area contributed by atoms with Crippen molar-refractivity contribution in [3.05, 3.63) is 60.0 Å². The fourth-order valence-electron chi connectivity index (χ4n) is 2.15. The Balaban J connectivity index is 2.20. The summed E-state index contributed by atoms with van der Waals surface area (Å²) in [6, 6.07) is 11.6. The molecule has 0 fully saturated rings. The minimum Gasteiger partial charge on any atom is -0.478 e. The molecular formula is C15H10FNO2. The Hall–Kier alpha value is -2.62. The molecule has 2 aromatic carbocycles. The van der Waals surface area contributed by atoms with Crippen LogP contribution < -0.4 is 0 Å². The lowest BCUT2D eigenvalue weighted by atomic mass is 10.0. The molecule has 4 heteroatoms. The summed E-state index contributed by atoms with van der Waals surface area (Å²) in [6.07, 6.45) is 1.46. The number of hydrogen-bond acceptors (Lipinski definition) is 1. The van der Waals surface area contributed by atoms with Crippen LogP contribution >= 0.6 is 0 Å². The van der Waals surface area contributed by atoms with Gasteiger partial charge in [0, 0.05) is 17.1 Å². The fourth-order valence-corrected chi connectivity index (χ4v) is 2.15. The molecule has 0 atom stereocenters. The van der Waals surface area contributed by atoms with Crippen LogP contribution in [0.5, 0.6) is 0 Å². The Morgan fingerprint density at radius 1 is 1.11 bits per heavy atom. The number of carbonyl (C=O) groups is 1. The van der Waals surface area contributed by atoms with E-state index in [1.165, 1.54) is 18.3 Å². The van der Waals surface area contributed by atoms with Gasteiger partial charge in [0.25, 0.3) is 0 Å². The molecule has 1 heterocycles. The molecule has 0 bridgehead atoms. The van der Waals surface area contributed by atoms with Crippen LogP contribution in [-0.4, -0.2) is 16.1 Å². The van der Waals surface area contributed by atoms with Crippen molar-refractivity contribution in [2.24, 2.45) is 0 Å². The zero-order valence-corrected chi connectivity index (χ0v) is 9.85. The van der Waals surface area contributed by atoms with Gasteiger partial charge in [0.2, 0.25) is 0 Å². The van der Waals surface area contributed by atoms with Gasteiger partial charge in [-0.1, -0.05) is 18.2 Å². The Labute approximate surface area is 108 Å². The first-order valence-corrected chi connectivity index (χ1v) is 5.75. The summed E-state index contributed by atoms with van der Waals surface area (Å²) < 4.78 is 13.2. The van der Waals surface area contributed by atoms with Crippen LogP contribution in [0.1, 0.15) is 10.4 Å². The van der Waals surface area contributed by atoms with E-state index in [1.807, 2.05) is 6.07 Å². The lowest BCUT2D eigenvalue weighted by Crippen LogP contribution is -1.93. The molecule has 0 radical (unpaired) electrons. The topological polar surface area (TPSA) is 53.1 Å². The van der Waals surface area contributed by atoms with Crippen molar-refractivity contribution in [2.45, 2.75) is 0 Å². The van der Waals surface area contributed by atoms with Crippen LogP contribution in [0.15, 0.2) is 48.7 Å². The molecule has 94 valence electrons. The third kappa shape index (κ3) is 1.97. The smallest absolute Gasteiger partial charge is 0.337 e. The SMILES string of the molecule is O=C(O)c1c[nH]c2ccc(-c3cccc(F)c3)cc12. The first-order chi connectivity index (χ1) is 9.15. The van der Waals surface area contributed by atoms with Gasteiger partial charge in [0.05, 0.1) is 5.56 Å². The monoisotopic (exact) mass is 255 g/mol. The standard InChI is InChI=1S/C15H10FNO2/c16-11-3-1-2-9(6-11)10-4-5-14-12(7-10)13(8-17-14)15(18)19/h1-8,17H,(H,18,19). The highest BCUT2D eigenvalue weighted by Gasteiger charge is 2.11. The number of halogens is 1. The van der Waals surface area contributed by atoms with Crippen LogP contribution in [0.4, 0.5) is 4.39 Å². The number of fused-ring (bicyclic) bond motifs is 1. The normalized spacial score (nSPS) is 10.8. The number of carboxylic acid groups (broad SMARTS) is 1. The molecule has 0 saturated carbocycles. The number of nitrogens with one attached hydrogen (secondary N) is 1. The van der Waals surface area contributed by atoms with Gasteiger partial charge < -0.3 is 10.1 Å². The van der Waals surface area contributed by atoms with Crippen LogP contribution in [0.25, 0.3) is 22.0 Å². The van der Waals surface area contributed by atoms with E-state index >= 15 is 0 Å². The number of H-pyrrole nitrogens is 1. The highest BCUT2D eigenvalue weighted by Crippen LogP contribution is 2.26. The van der Waals surface area contributed by atoms with Crippen molar-refractivity contribution in [1.29, 1.82) is 0 Å². The van der Waals surface area contributed by atoms with Crippen molar-refractivity contribution in [3.63, 3.8) is 0 Å². The number of hydrogen-bond donors (Lipinski definition) is 2. The van der Waals surface area contributed by atoms with Gasteiger partial charge in [-0.2, -0.15) is 0 Å². The summed E-state index contributed by atoms with van der Waals surface area (Å²) >= 11 is 0. The number of benzene rings is 2. The molecular weight excluding hydrogens is 245 g/mol. The van der Waals surface area contributed by atoms with Crippen molar-refractivity contribution < 1.29 is 14.3 Å². The average molecular weight is 255 g/mol. The molecule has 3 aromatic rings. The molecule has 19 heavy (non-hydrogen) atoms. The summed E-state index contributed by atoms with van der Waals surface area (Å²) in [5, 5.41) is 9.72. The van der Waals surface area contributed by atoms with E-state index in [2.05, 4.69) is 4.98 Å². The zero-order chi connectivity index (χ0) is 13.4. The van der Waals surface area contributed by atoms with Gasteiger partial charge in [0.15, 0.2) is 0 Å². The highest BCUT2D eigenvalue weighted by atomic mass is 19.1. The van der Waals surface area contributed by atoms with Crippen LogP contribution in [0.2, 0.25) is 0 Å². The largest absolute Gasteiger partial charge is 0.478 e. The van der Waals surface area contributed by atoms with Crippen LogP contribution in [-0.2, 0) is 0 Å². The molecule has 1 aromatic heterocycles. The highest BCUT2D eigenvalue weighted by molar-refractivity contribution is 6.04. The summed E-state index contributed by atoms with van der Waals surface area (Å²) in [6.45, 7) is 0. The van der Waals surface area contributed by atoms with Crippen molar-refractivity contribution >= 4 is 16.9 Å². The van der Waals surface area contributed by atoms with Gasteiger partial charge in [-0.05, 0) is 35.4 Å². The average Bonchev–Trinajstić information content (AvgIpc) is 2.81. The second kappa shape index (κ2) is 4.24. The summed E-state index contributed by atoms with van der Waals surface area (Å²) in [4.78, 5) is 14.0. The first-order valence-electron chi connectivity index (χ1n) is 5.75.